The smallest absolute Gasteiger partial charge is 0.276 e. The van der Waals surface area contributed by atoms with Gasteiger partial charge in [-0.2, -0.15) is 5.10 Å². The van der Waals surface area contributed by atoms with Crippen LogP contribution in [0.2, 0.25) is 0 Å². The molecule has 34 heavy (non-hydrogen) atoms. The van der Waals surface area contributed by atoms with Gasteiger partial charge >= 0.3 is 0 Å². The van der Waals surface area contributed by atoms with Crippen LogP contribution in [-0.4, -0.2) is 21.2 Å². The highest BCUT2D eigenvalue weighted by Crippen LogP contribution is 2.30. The average molecular weight is 455 g/mol. The first kappa shape index (κ1) is 23.3. The molecule has 0 aliphatic carbocycles. The normalized spacial score (nSPS) is 12.2. The number of nitrogens with one attached hydrogen (secondary N) is 3. The fourth-order valence-corrected chi connectivity index (χ4v) is 3.79. The number of benzene rings is 3. The van der Waals surface area contributed by atoms with Gasteiger partial charge in [0, 0.05) is 35.2 Å². The zero-order valence-electron chi connectivity index (χ0n) is 19.7. The molecular formula is C28H30N4O2. The first-order chi connectivity index (χ1) is 16.3. The monoisotopic (exact) mass is 454 g/mol. The number of anilines is 2. The van der Waals surface area contributed by atoms with Crippen molar-refractivity contribution < 1.29 is 9.90 Å². The van der Waals surface area contributed by atoms with E-state index in [9.17, 15) is 9.90 Å². The Kier molecular flexibility index (Phi) is 6.80. The van der Waals surface area contributed by atoms with E-state index in [1.54, 1.807) is 6.20 Å². The number of aromatic amines is 1. The van der Waals surface area contributed by atoms with Crippen molar-refractivity contribution in [1.29, 1.82) is 0 Å². The molecule has 174 valence electrons. The maximum absolute atomic E-state index is 12.7. The summed E-state index contributed by atoms with van der Waals surface area (Å²) in [4.78, 5) is 12.7. The number of nitrogens with zero attached hydrogens (tertiary/aromatic N) is 1. The van der Waals surface area contributed by atoms with Gasteiger partial charge in [0.15, 0.2) is 5.69 Å². The molecule has 0 aliphatic rings. The average Bonchev–Trinajstić information content (AvgIpc) is 3.31. The molecule has 3 aromatic carbocycles. The van der Waals surface area contributed by atoms with Gasteiger partial charge in [0.2, 0.25) is 0 Å². The lowest BCUT2D eigenvalue weighted by Crippen LogP contribution is -2.16. The van der Waals surface area contributed by atoms with Crippen molar-refractivity contribution in [2.75, 3.05) is 10.6 Å². The lowest BCUT2D eigenvalue weighted by molar-refractivity contribution is 0.102. The zero-order valence-corrected chi connectivity index (χ0v) is 19.7. The van der Waals surface area contributed by atoms with Crippen molar-refractivity contribution in [3.05, 3.63) is 113 Å². The lowest BCUT2D eigenvalue weighted by Gasteiger charge is -2.21. The topological polar surface area (TPSA) is 90.0 Å². The number of carbonyl (C=O) groups excluding carboxylic acids is 1. The van der Waals surface area contributed by atoms with E-state index in [-0.39, 0.29) is 11.3 Å². The molecule has 4 rings (SSSR count). The quantitative estimate of drug-likeness (QED) is 0.290. The minimum atomic E-state index is -0.775. The van der Waals surface area contributed by atoms with E-state index < -0.39 is 6.10 Å². The first-order valence-corrected chi connectivity index (χ1v) is 11.3. The Morgan fingerprint density at radius 3 is 2.35 bits per heavy atom. The van der Waals surface area contributed by atoms with Gasteiger partial charge < -0.3 is 15.7 Å². The summed E-state index contributed by atoms with van der Waals surface area (Å²) < 4.78 is 0. The number of para-hydroxylation sites is 2. The van der Waals surface area contributed by atoms with Crippen LogP contribution >= 0.6 is 0 Å². The third-order valence-corrected chi connectivity index (χ3v) is 5.78. The SMILES string of the molecule is CC(C)(C)c1ccc(C(O)c2ccccc2NCc2c[nH]nc2C(=O)Nc2ccccc2)cc1. The van der Waals surface area contributed by atoms with Crippen molar-refractivity contribution in [2.45, 2.75) is 38.8 Å². The molecule has 6 heteroatoms. The summed E-state index contributed by atoms with van der Waals surface area (Å²) in [5.41, 5.74) is 5.43. The summed E-state index contributed by atoms with van der Waals surface area (Å²) >= 11 is 0. The molecule has 1 atom stereocenters. The summed E-state index contributed by atoms with van der Waals surface area (Å²) in [6, 6.07) is 25.0. The third kappa shape index (κ3) is 5.35. The predicted octanol–water partition coefficient (Wildman–Crippen LogP) is 5.65. The maximum Gasteiger partial charge on any atom is 0.276 e. The molecule has 0 radical (unpaired) electrons. The summed E-state index contributed by atoms with van der Waals surface area (Å²) in [6.45, 7) is 6.88. The van der Waals surface area contributed by atoms with E-state index >= 15 is 0 Å². The van der Waals surface area contributed by atoms with Crippen LogP contribution < -0.4 is 10.6 Å². The molecule has 4 aromatic rings. The lowest BCUT2D eigenvalue weighted by atomic mass is 9.86. The largest absolute Gasteiger partial charge is 0.384 e. The van der Waals surface area contributed by atoms with E-state index in [0.29, 0.717) is 17.9 Å². The molecule has 1 amide bonds. The van der Waals surface area contributed by atoms with E-state index in [1.165, 1.54) is 5.56 Å². The summed E-state index contributed by atoms with van der Waals surface area (Å²) in [5, 5.41) is 24.2. The fraction of sp³-hybridized carbons (Fsp3) is 0.214. The number of hydrogen-bond acceptors (Lipinski definition) is 4. The Morgan fingerprint density at radius 1 is 0.971 bits per heavy atom. The van der Waals surface area contributed by atoms with Gasteiger partial charge in [0.1, 0.15) is 6.10 Å². The Hall–Kier alpha value is -3.90. The number of aliphatic hydroxyl groups excluding tert-OH is 1. The van der Waals surface area contributed by atoms with E-state index in [4.69, 9.17) is 0 Å². The number of H-pyrrole nitrogens is 1. The van der Waals surface area contributed by atoms with Gasteiger partial charge in [0.05, 0.1) is 0 Å². The van der Waals surface area contributed by atoms with Gasteiger partial charge in [-0.15, -0.1) is 0 Å². The van der Waals surface area contributed by atoms with E-state index in [1.807, 2.05) is 66.7 Å². The Morgan fingerprint density at radius 2 is 1.65 bits per heavy atom. The van der Waals surface area contributed by atoms with Gasteiger partial charge in [-0.3, -0.25) is 9.89 Å². The van der Waals surface area contributed by atoms with Crippen LogP contribution in [0.4, 0.5) is 11.4 Å². The summed E-state index contributed by atoms with van der Waals surface area (Å²) in [7, 11) is 0. The molecule has 0 aliphatic heterocycles. The van der Waals surface area contributed by atoms with Crippen molar-refractivity contribution in [2.24, 2.45) is 0 Å². The second kappa shape index (κ2) is 9.93. The van der Waals surface area contributed by atoms with Gasteiger partial charge in [-0.25, -0.2) is 0 Å². The number of amides is 1. The van der Waals surface area contributed by atoms with Crippen LogP contribution in [-0.2, 0) is 12.0 Å². The Balaban J connectivity index is 1.49. The minimum Gasteiger partial charge on any atom is -0.384 e. The van der Waals surface area contributed by atoms with Crippen molar-refractivity contribution >= 4 is 17.3 Å². The zero-order chi connectivity index (χ0) is 24.1. The second-order valence-corrected chi connectivity index (χ2v) is 9.29. The van der Waals surface area contributed by atoms with Gasteiger partial charge in [-0.05, 0) is 34.7 Å². The Labute approximate surface area is 200 Å². The number of rotatable bonds is 7. The summed E-state index contributed by atoms with van der Waals surface area (Å²) in [5.74, 6) is -0.281. The minimum absolute atomic E-state index is 0.0536. The molecule has 1 heterocycles. The highest BCUT2D eigenvalue weighted by atomic mass is 16.3. The summed E-state index contributed by atoms with van der Waals surface area (Å²) in [6.07, 6.45) is 0.930. The van der Waals surface area contributed by atoms with Crippen LogP contribution in [0.1, 0.15) is 59.6 Å². The van der Waals surface area contributed by atoms with E-state index in [2.05, 4.69) is 53.7 Å². The number of aromatic nitrogens is 2. The highest BCUT2D eigenvalue weighted by Gasteiger charge is 2.19. The number of carbonyl (C=O) groups is 1. The molecule has 0 bridgehead atoms. The molecule has 0 saturated heterocycles. The second-order valence-electron chi connectivity index (χ2n) is 9.29. The molecule has 1 unspecified atom stereocenters. The highest BCUT2D eigenvalue weighted by molar-refractivity contribution is 6.03. The van der Waals surface area contributed by atoms with Crippen LogP contribution in [0.3, 0.4) is 0 Å². The van der Waals surface area contributed by atoms with Crippen LogP contribution in [0, 0.1) is 0 Å². The van der Waals surface area contributed by atoms with Crippen molar-refractivity contribution in [3.63, 3.8) is 0 Å². The predicted molar refractivity (Wildman–Crippen MR) is 136 cm³/mol. The van der Waals surface area contributed by atoms with Crippen molar-refractivity contribution in [1.82, 2.24) is 10.2 Å². The Bertz CT molecular complexity index is 1240. The molecule has 0 spiro atoms. The first-order valence-electron chi connectivity index (χ1n) is 11.3. The fourth-order valence-electron chi connectivity index (χ4n) is 3.79. The van der Waals surface area contributed by atoms with E-state index in [0.717, 1.165) is 22.4 Å². The molecule has 4 N–H and O–H groups in total. The molecular weight excluding hydrogens is 424 g/mol. The third-order valence-electron chi connectivity index (χ3n) is 5.78. The maximum atomic E-state index is 12.7. The molecule has 0 saturated carbocycles. The van der Waals surface area contributed by atoms with Crippen molar-refractivity contribution in [3.8, 4) is 0 Å². The molecule has 6 nitrogen and oxygen atoms in total. The van der Waals surface area contributed by atoms with Crippen LogP contribution in [0.25, 0.3) is 0 Å². The molecule has 1 aromatic heterocycles. The molecule has 0 fully saturated rings. The van der Waals surface area contributed by atoms with Crippen LogP contribution in [0.15, 0.2) is 85.1 Å². The number of aliphatic hydroxyl groups is 1. The van der Waals surface area contributed by atoms with Gasteiger partial charge in [0.25, 0.3) is 5.91 Å². The standard InChI is InChI=1S/C28H30N4O2/c1-28(2,3)21-15-13-19(14-16-21)26(33)23-11-7-8-12-24(23)29-17-20-18-30-32-25(20)27(34)31-22-9-5-4-6-10-22/h4-16,18,26,29,33H,17H2,1-3H3,(H,30,32)(H,31,34). The number of hydrogen-bond donors (Lipinski definition) is 4. The van der Waals surface area contributed by atoms with Crippen LogP contribution in [0.5, 0.6) is 0 Å². The van der Waals surface area contributed by atoms with Gasteiger partial charge in [-0.1, -0.05) is 81.4 Å².